The van der Waals surface area contributed by atoms with Gasteiger partial charge in [-0.2, -0.15) is 0 Å². The Morgan fingerprint density at radius 3 is 2.94 bits per heavy atom. The number of nitrogens with zero attached hydrogens (tertiary/aromatic N) is 3. The van der Waals surface area contributed by atoms with E-state index in [1.807, 2.05) is 12.1 Å². The third-order valence-corrected chi connectivity index (χ3v) is 3.65. The zero-order valence-corrected chi connectivity index (χ0v) is 11.3. The van der Waals surface area contributed by atoms with Crippen LogP contribution in [-0.2, 0) is 0 Å². The molecule has 5 heteroatoms. The van der Waals surface area contributed by atoms with Crippen molar-refractivity contribution in [3.05, 3.63) is 24.0 Å². The second-order valence-corrected chi connectivity index (χ2v) is 4.93. The molecule has 100 valence electrons. The average Bonchev–Trinajstić information content (AvgIpc) is 2.40. The Balaban J connectivity index is 2.21. The molecule has 18 heavy (non-hydrogen) atoms. The summed E-state index contributed by atoms with van der Waals surface area (Å²) in [7, 11) is 5.90. The van der Waals surface area contributed by atoms with Crippen molar-refractivity contribution in [2.24, 2.45) is 5.73 Å². The van der Waals surface area contributed by atoms with E-state index in [0.717, 1.165) is 31.1 Å². The minimum Gasteiger partial charge on any atom is -0.495 e. The third kappa shape index (κ3) is 2.63. The van der Waals surface area contributed by atoms with Crippen molar-refractivity contribution in [1.82, 2.24) is 14.8 Å². The molecule has 1 aromatic heterocycles. The molecule has 0 bridgehead atoms. The molecule has 1 saturated heterocycles. The van der Waals surface area contributed by atoms with Gasteiger partial charge < -0.3 is 15.4 Å². The quantitative estimate of drug-likeness (QED) is 0.838. The normalized spacial score (nSPS) is 23.9. The number of methoxy groups -OCH3 is 1. The summed E-state index contributed by atoms with van der Waals surface area (Å²) in [6.07, 6.45) is 1.77. The summed E-state index contributed by atoms with van der Waals surface area (Å²) in [5.41, 5.74) is 7.23. The highest BCUT2D eigenvalue weighted by molar-refractivity contribution is 5.30. The first-order chi connectivity index (χ1) is 8.63. The van der Waals surface area contributed by atoms with E-state index in [-0.39, 0.29) is 12.1 Å². The molecule has 2 heterocycles. The fourth-order valence-electron chi connectivity index (χ4n) is 2.44. The minimum atomic E-state index is -0.131. The molecule has 2 atom stereocenters. The number of nitrogens with two attached hydrogens (primary N) is 1. The van der Waals surface area contributed by atoms with Crippen LogP contribution in [0.25, 0.3) is 0 Å². The maximum atomic E-state index is 6.39. The van der Waals surface area contributed by atoms with E-state index in [4.69, 9.17) is 10.5 Å². The molecule has 1 fully saturated rings. The number of hydrogen-bond acceptors (Lipinski definition) is 5. The van der Waals surface area contributed by atoms with E-state index in [2.05, 4.69) is 28.9 Å². The molecule has 0 amide bonds. The van der Waals surface area contributed by atoms with Gasteiger partial charge in [0.2, 0.25) is 0 Å². The van der Waals surface area contributed by atoms with Gasteiger partial charge in [0.25, 0.3) is 0 Å². The second-order valence-electron chi connectivity index (χ2n) is 4.93. The number of rotatable bonds is 3. The number of ether oxygens (including phenoxy) is 1. The van der Waals surface area contributed by atoms with E-state index in [1.165, 1.54) is 0 Å². The number of hydrogen-bond donors (Lipinski definition) is 1. The monoisotopic (exact) mass is 250 g/mol. The summed E-state index contributed by atoms with van der Waals surface area (Å²) in [6, 6.07) is 3.92. The number of piperazine rings is 1. The molecule has 0 aliphatic carbocycles. The van der Waals surface area contributed by atoms with Crippen LogP contribution in [0.4, 0.5) is 0 Å². The molecule has 5 nitrogen and oxygen atoms in total. The first-order valence-corrected chi connectivity index (χ1v) is 6.26. The molecule has 0 spiro atoms. The molecule has 1 aliphatic rings. The number of pyridine rings is 1. The van der Waals surface area contributed by atoms with Gasteiger partial charge in [0.1, 0.15) is 11.4 Å². The predicted molar refractivity (Wildman–Crippen MR) is 71.6 cm³/mol. The molecular weight excluding hydrogens is 228 g/mol. The highest BCUT2D eigenvalue weighted by Crippen LogP contribution is 2.26. The summed E-state index contributed by atoms with van der Waals surface area (Å²) < 4.78 is 5.34. The van der Waals surface area contributed by atoms with Gasteiger partial charge in [-0.05, 0) is 26.2 Å². The smallest absolute Gasteiger partial charge is 0.142 e. The lowest BCUT2D eigenvalue weighted by molar-refractivity contribution is 0.0958. The molecular formula is C13H22N4O. The van der Waals surface area contributed by atoms with Crippen LogP contribution in [0.3, 0.4) is 0 Å². The van der Waals surface area contributed by atoms with Crippen LogP contribution >= 0.6 is 0 Å². The second kappa shape index (κ2) is 5.65. The minimum absolute atomic E-state index is 0.131. The van der Waals surface area contributed by atoms with Gasteiger partial charge in [-0.3, -0.25) is 9.88 Å². The molecule has 0 radical (unpaired) electrons. The molecule has 0 aromatic carbocycles. The Kier molecular flexibility index (Phi) is 4.16. The zero-order chi connectivity index (χ0) is 13.1. The maximum absolute atomic E-state index is 6.39. The zero-order valence-electron chi connectivity index (χ0n) is 11.3. The number of aromatic nitrogens is 1. The summed E-state index contributed by atoms with van der Waals surface area (Å²) in [6.45, 7) is 3.07. The summed E-state index contributed by atoms with van der Waals surface area (Å²) >= 11 is 0. The number of likely N-dealkylation sites (N-methyl/N-ethyl adjacent to an activating group) is 2. The highest BCUT2D eigenvalue weighted by atomic mass is 16.5. The van der Waals surface area contributed by atoms with Gasteiger partial charge in [0.05, 0.1) is 13.2 Å². The molecule has 1 aliphatic heterocycles. The van der Waals surface area contributed by atoms with Crippen LogP contribution in [0.15, 0.2) is 18.3 Å². The summed E-state index contributed by atoms with van der Waals surface area (Å²) in [5.74, 6) is 0.770. The molecule has 2 N–H and O–H groups in total. The van der Waals surface area contributed by atoms with Crippen molar-refractivity contribution in [1.29, 1.82) is 0 Å². The fourth-order valence-corrected chi connectivity index (χ4v) is 2.44. The largest absolute Gasteiger partial charge is 0.495 e. The van der Waals surface area contributed by atoms with Crippen molar-refractivity contribution in [3.63, 3.8) is 0 Å². The van der Waals surface area contributed by atoms with Crippen LogP contribution in [0.5, 0.6) is 5.75 Å². The van der Waals surface area contributed by atoms with Crippen LogP contribution in [0, 0.1) is 0 Å². The van der Waals surface area contributed by atoms with E-state index >= 15 is 0 Å². The molecule has 1 aromatic rings. The summed E-state index contributed by atoms with van der Waals surface area (Å²) in [5, 5.41) is 0. The molecule has 0 saturated carbocycles. The van der Waals surface area contributed by atoms with E-state index in [9.17, 15) is 0 Å². The first-order valence-electron chi connectivity index (χ1n) is 6.26. The Bertz CT molecular complexity index is 398. The van der Waals surface area contributed by atoms with Crippen LogP contribution in [0.2, 0.25) is 0 Å². The van der Waals surface area contributed by atoms with Gasteiger partial charge in [-0.25, -0.2) is 0 Å². The molecule has 2 unspecified atom stereocenters. The standard InChI is InChI=1S/C13H22N4O/c1-16-7-8-17(2)10(9-16)12(14)13-11(18-3)5-4-6-15-13/h4-6,10,12H,7-9,14H2,1-3H3. The third-order valence-electron chi connectivity index (χ3n) is 3.65. The fraction of sp³-hybridized carbons (Fsp3) is 0.615. The van der Waals surface area contributed by atoms with Crippen molar-refractivity contribution in [2.75, 3.05) is 40.8 Å². The van der Waals surface area contributed by atoms with Gasteiger partial charge in [-0.15, -0.1) is 0 Å². The Morgan fingerprint density at radius 1 is 1.44 bits per heavy atom. The van der Waals surface area contributed by atoms with E-state index in [1.54, 1.807) is 13.3 Å². The van der Waals surface area contributed by atoms with E-state index in [0.29, 0.717) is 0 Å². The average molecular weight is 250 g/mol. The first kappa shape index (κ1) is 13.3. The lowest BCUT2D eigenvalue weighted by atomic mass is 10.0. The maximum Gasteiger partial charge on any atom is 0.142 e. The Morgan fingerprint density at radius 2 is 2.22 bits per heavy atom. The van der Waals surface area contributed by atoms with E-state index < -0.39 is 0 Å². The van der Waals surface area contributed by atoms with Crippen LogP contribution < -0.4 is 10.5 Å². The van der Waals surface area contributed by atoms with Gasteiger partial charge in [0, 0.05) is 31.9 Å². The Hall–Kier alpha value is -1.17. The summed E-state index contributed by atoms with van der Waals surface area (Å²) in [4.78, 5) is 9.00. The highest BCUT2D eigenvalue weighted by Gasteiger charge is 2.30. The van der Waals surface area contributed by atoms with Crippen molar-refractivity contribution >= 4 is 0 Å². The van der Waals surface area contributed by atoms with Crippen LogP contribution in [0.1, 0.15) is 11.7 Å². The SMILES string of the molecule is COc1cccnc1C(N)C1CN(C)CCN1C. The van der Waals surface area contributed by atoms with Crippen molar-refractivity contribution < 1.29 is 4.74 Å². The lowest BCUT2D eigenvalue weighted by Gasteiger charge is -2.40. The van der Waals surface area contributed by atoms with Gasteiger partial charge >= 0.3 is 0 Å². The van der Waals surface area contributed by atoms with Gasteiger partial charge in [-0.1, -0.05) is 0 Å². The topological polar surface area (TPSA) is 54.6 Å². The van der Waals surface area contributed by atoms with Crippen molar-refractivity contribution in [3.8, 4) is 5.75 Å². The van der Waals surface area contributed by atoms with Crippen molar-refractivity contribution in [2.45, 2.75) is 12.1 Å². The van der Waals surface area contributed by atoms with Gasteiger partial charge in [0.15, 0.2) is 0 Å². The lowest BCUT2D eigenvalue weighted by Crippen LogP contribution is -2.54. The van der Waals surface area contributed by atoms with Crippen LogP contribution in [-0.4, -0.2) is 61.7 Å². The predicted octanol–water partition coefficient (Wildman–Crippen LogP) is 0.336. The molecule has 2 rings (SSSR count). The Labute approximate surface area is 109 Å².